The lowest BCUT2D eigenvalue weighted by Crippen LogP contribution is -2.33. The minimum atomic E-state index is 0.149. The van der Waals surface area contributed by atoms with Crippen LogP contribution in [-0.4, -0.2) is 38.2 Å². The lowest BCUT2D eigenvalue weighted by molar-refractivity contribution is -0.116. The van der Waals surface area contributed by atoms with E-state index in [1.165, 1.54) is 29.5 Å². The first kappa shape index (κ1) is 17.9. The van der Waals surface area contributed by atoms with Gasteiger partial charge in [-0.2, -0.15) is 0 Å². The summed E-state index contributed by atoms with van der Waals surface area (Å²) in [4.78, 5) is 16.1. The van der Waals surface area contributed by atoms with Crippen LogP contribution in [0.5, 0.6) is 0 Å². The van der Waals surface area contributed by atoms with Gasteiger partial charge in [0.15, 0.2) is 5.16 Å². The molecule has 1 unspecified atom stereocenters. The SMILES string of the molecule is CCn1c(SCC(=O)N2CCC(C)Sc3ccccc32)nnc1C1CC1. The summed E-state index contributed by atoms with van der Waals surface area (Å²) in [7, 11) is 0. The van der Waals surface area contributed by atoms with Crippen molar-refractivity contribution in [2.45, 2.75) is 60.9 Å². The summed E-state index contributed by atoms with van der Waals surface area (Å²) in [6.45, 7) is 5.98. The van der Waals surface area contributed by atoms with Crippen LogP contribution < -0.4 is 4.90 Å². The summed E-state index contributed by atoms with van der Waals surface area (Å²) >= 11 is 3.37. The Hall–Kier alpha value is -1.47. The third-order valence-electron chi connectivity index (χ3n) is 4.87. The van der Waals surface area contributed by atoms with Crippen molar-refractivity contribution < 1.29 is 4.79 Å². The van der Waals surface area contributed by atoms with Crippen molar-refractivity contribution in [2.24, 2.45) is 0 Å². The number of benzene rings is 1. The maximum atomic E-state index is 13.0. The molecule has 0 radical (unpaired) electrons. The molecule has 1 aromatic carbocycles. The molecule has 0 N–H and O–H groups in total. The third kappa shape index (κ3) is 3.64. The Morgan fingerprint density at radius 2 is 2.08 bits per heavy atom. The van der Waals surface area contributed by atoms with Crippen molar-refractivity contribution in [1.29, 1.82) is 0 Å². The highest BCUT2D eigenvalue weighted by atomic mass is 32.2. The molecule has 1 aliphatic carbocycles. The highest BCUT2D eigenvalue weighted by Gasteiger charge is 2.30. The first-order valence-corrected chi connectivity index (χ1v) is 11.2. The van der Waals surface area contributed by atoms with Crippen LogP contribution in [0.25, 0.3) is 0 Å². The van der Waals surface area contributed by atoms with Crippen LogP contribution in [0.15, 0.2) is 34.3 Å². The maximum absolute atomic E-state index is 13.0. The van der Waals surface area contributed by atoms with E-state index in [1.807, 2.05) is 28.8 Å². The molecule has 0 bridgehead atoms. The number of nitrogens with zero attached hydrogens (tertiary/aromatic N) is 4. The highest BCUT2D eigenvalue weighted by Crippen LogP contribution is 2.40. The largest absolute Gasteiger partial charge is 0.311 e. The lowest BCUT2D eigenvalue weighted by Gasteiger charge is -2.22. The first-order chi connectivity index (χ1) is 12.7. The highest BCUT2D eigenvalue weighted by molar-refractivity contribution is 8.00. The van der Waals surface area contributed by atoms with Crippen molar-refractivity contribution in [2.75, 3.05) is 17.2 Å². The number of fused-ring (bicyclic) bond motifs is 1. The van der Waals surface area contributed by atoms with E-state index in [1.54, 1.807) is 0 Å². The normalized spacial score (nSPS) is 19.9. The molecule has 4 rings (SSSR count). The zero-order chi connectivity index (χ0) is 18.1. The van der Waals surface area contributed by atoms with Crippen molar-refractivity contribution >= 4 is 35.1 Å². The Morgan fingerprint density at radius 3 is 2.85 bits per heavy atom. The van der Waals surface area contributed by atoms with E-state index in [0.717, 1.165) is 36.2 Å². The van der Waals surface area contributed by atoms with Gasteiger partial charge in [-0.15, -0.1) is 22.0 Å². The molecule has 2 aromatic rings. The molecule has 2 heterocycles. The van der Waals surface area contributed by atoms with Crippen molar-refractivity contribution in [1.82, 2.24) is 14.8 Å². The van der Waals surface area contributed by atoms with Gasteiger partial charge in [0.1, 0.15) is 5.82 Å². The van der Waals surface area contributed by atoms with Gasteiger partial charge in [-0.1, -0.05) is 30.8 Å². The molecule has 1 amide bonds. The minimum Gasteiger partial charge on any atom is -0.311 e. The van der Waals surface area contributed by atoms with Gasteiger partial charge in [-0.25, -0.2) is 0 Å². The average molecular weight is 389 g/mol. The number of carbonyl (C=O) groups is 1. The van der Waals surface area contributed by atoms with Gasteiger partial charge in [-0.05, 0) is 38.3 Å². The summed E-state index contributed by atoms with van der Waals surface area (Å²) in [6, 6.07) is 8.23. The minimum absolute atomic E-state index is 0.149. The quantitative estimate of drug-likeness (QED) is 0.719. The van der Waals surface area contributed by atoms with Gasteiger partial charge in [-0.3, -0.25) is 4.79 Å². The van der Waals surface area contributed by atoms with Gasteiger partial charge in [0, 0.05) is 29.2 Å². The number of carbonyl (C=O) groups excluding carboxylic acids is 1. The van der Waals surface area contributed by atoms with E-state index in [0.29, 0.717) is 16.9 Å². The average Bonchev–Trinajstić information content (AvgIpc) is 3.43. The van der Waals surface area contributed by atoms with Gasteiger partial charge in [0.05, 0.1) is 11.4 Å². The van der Waals surface area contributed by atoms with Gasteiger partial charge < -0.3 is 9.47 Å². The van der Waals surface area contributed by atoms with E-state index in [4.69, 9.17) is 0 Å². The van der Waals surface area contributed by atoms with Crippen molar-refractivity contribution in [3.8, 4) is 0 Å². The Kier molecular flexibility index (Phi) is 5.27. The summed E-state index contributed by atoms with van der Waals surface area (Å²) < 4.78 is 2.17. The van der Waals surface area contributed by atoms with Crippen LogP contribution in [0.3, 0.4) is 0 Å². The maximum Gasteiger partial charge on any atom is 0.237 e. The Bertz CT molecular complexity index is 803. The molecular formula is C19H24N4OS2. The number of para-hydroxylation sites is 1. The second-order valence-electron chi connectivity index (χ2n) is 6.88. The zero-order valence-corrected chi connectivity index (χ0v) is 16.9. The Balaban J connectivity index is 1.48. The Morgan fingerprint density at radius 1 is 1.27 bits per heavy atom. The predicted octanol–water partition coefficient (Wildman–Crippen LogP) is 4.19. The zero-order valence-electron chi connectivity index (χ0n) is 15.2. The Labute approximate surface area is 162 Å². The fraction of sp³-hybridized carbons (Fsp3) is 0.526. The van der Waals surface area contributed by atoms with Gasteiger partial charge in [0.25, 0.3) is 0 Å². The fourth-order valence-corrected chi connectivity index (χ4v) is 5.30. The molecule has 0 saturated heterocycles. The smallest absolute Gasteiger partial charge is 0.237 e. The van der Waals surface area contributed by atoms with Crippen LogP contribution in [0.1, 0.15) is 44.9 Å². The molecular weight excluding hydrogens is 364 g/mol. The predicted molar refractivity (Wildman–Crippen MR) is 107 cm³/mol. The van der Waals surface area contributed by atoms with E-state index < -0.39 is 0 Å². The number of aromatic nitrogens is 3. The van der Waals surface area contributed by atoms with Crippen LogP contribution >= 0.6 is 23.5 Å². The molecule has 1 saturated carbocycles. The van der Waals surface area contributed by atoms with Crippen LogP contribution in [0, 0.1) is 0 Å². The molecule has 2 aliphatic rings. The van der Waals surface area contributed by atoms with Crippen LogP contribution in [0.2, 0.25) is 0 Å². The number of hydrogen-bond acceptors (Lipinski definition) is 5. The summed E-state index contributed by atoms with van der Waals surface area (Å²) in [6.07, 6.45) is 3.43. The van der Waals surface area contributed by atoms with Crippen LogP contribution in [0.4, 0.5) is 5.69 Å². The first-order valence-electron chi connectivity index (χ1n) is 9.29. The van der Waals surface area contributed by atoms with Crippen molar-refractivity contribution in [3.05, 3.63) is 30.1 Å². The second kappa shape index (κ2) is 7.64. The van der Waals surface area contributed by atoms with E-state index in [-0.39, 0.29) is 5.91 Å². The number of anilines is 1. The molecule has 7 heteroatoms. The van der Waals surface area contributed by atoms with E-state index >= 15 is 0 Å². The molecule has 5 nitrogen and oxygen atoms in total. The second-order valence-corrected chi connectivity index (χ2v) is 9.30. The molecule has 0 spiro atoms. The molecule has 1 atom stereocenters. The standard InChI is InChI=1S/C19H24N4OS2/c1-3-22-18(14-8-9-14)20-21-19(22)25-12-17(24)23-11-10-13(2)26-16-7-5-4-6-15(16)23/h4-7,13-14H,3,8-12H2,1-2H3. The number of thioether (sulfide) groups is 2. The van der Waals surface area contributed by atoms with Gasteiger partial charge in [0.2, 0.25) is 5.91 Å². The number of hydrogen-bond donors (Lipinski definition) is 0. The molecule has 1 fully saturated rings. The molecule has 1 aromatic heterocycles. The fourth-order valence-electron chi connectivity index (χ4n) is 3.30. The summed E-state index contributed by atoms with van der Waals surface area (Å²) in [5.74, 6) is 2.21. The van der Waals surface area contributed by atoms with Crippen LogP contribution in [-0.2, 0) is 11.3 Å². The lowest BCUT2D eigenvalue weighted by atomic mass is 10.2. The number of rotatable bonds is 5. The van der Waals surface area contributed by atoms with Crippen molar-refractivity contribution in [3.63, 3.8) is 0 Å². The van der Waals surface area contributed by atoms with E-state index in [9.17, 15) is 4.79 Å². The molecule has 1 aliphatic heterocycles. The van der Waals surface area contributed by atoms with E-state index in [2.05, 4.69) is 40.7 Å². The van der Waals surface area contributed by atoms with Gasteiger partial charge >= 0.3 is 0 Å². The summed E-state index contributed by atoms with van der Waals surface area (Å²) in [5.41, 5.74) is 1.04. The topological polar surface area (TPSA) is 51.0 Å². The molecule has 138 valence electrons. The molecule has 26 heavy (non-hydrogen) atoms. The summed E-state index contributed by atoms with van der Waals surface area (Å²) in [5, 5.41) is 10.1. The number of amides is 1. The third-order valence-corrected chi connectivity index (χ3v) is 7.06. The monoisotopic (exact) mass is 388 g/mol.